The number of phenols is 3. The van der Waals surface area contributed by atoms with Crippen molar-refractivity contribution in [3.05, 3.63) is 40.5 Å². The summed E-state index contributed by atoms with van der Waals surface area (Å²) in [5.74, 6) is 0.440. The summed E-state index contributed by atoms with van der Waals surface area (Å²) in [6, 6.07) is 5.11. The normalized spacial score (nSPS) is 10.7. The van der Waals surface area contributed by atoms with Crippen LogP contribution in [0, 0.1) is 27.7 Å². The fourth-order valence-electron chi connectivity index (χ4n) is 2.26. The van der Waals surface area contributed by atoms with E-state index in [1.807, 2.05) is 26.8 Å². The zero-order valence-electron chi connectivity index (χ0n) is 11.6. The first-order valence-corrected chi connectivity index (χ1v) is 6.16. The summed E-state index contributed by atoms with van der Waals surface area (Å²) >= 11 is 0. The molecule has 0 fully saturated rings. The van der Waals surface area contributed by atoms with Crippen molar-refractivity contribution in [2.75, 3.05) is 0 Å². The van der Waals surface area contributed by atoms with Crippen molar-refractivity contribution in [3.63, 3.8) is 0 Å². The van der Waals surface area contributed by atoms with Gasteiger partial charge in [-0.15, -0.1) is 0 Å². The lowest BCUT2D eigenvalue weighted by Gasteiger charge is -2.15. The number of hydrogen-bond acceptors (Lipinski definition) is 3. The molecule has 0 aliphatic rings. The molecule has 0 heterocycles. The van der Waals surface area contributed by atoms with Crippen LogP contribution in [0.15, 0.2) is 18.2 Å². The SMILES string of the molecule is Cc1cc(-c2ccc(O)c(C)c2O)c(C)c(C)c1O. The van der Waals surface area contributed by atoms with Gasteiger partial charge >= 0.3 is 0 Å². The molecular weight excluding hydrogens is 240 g/mol. The molecule has 2 aromatic carbocycles. The molecule has 19 heavy (non-hydrogen) atoms. The molecule has 3 N–H and O–H groups in total. The minimum atomic E-state index is 0.0751. The Morgan fingerprint density at radius 3 is 1.95 bits per heavy atom. The molecule has 3 heteroatoms. The minimum Gasteiger partial charge on any atom is -0.508 e. The Balaban J connectivity index is 2.77. The van der Waals surface area contributed by atoms with E-state index in [2.05, 4.69) is 0 Å². The van der Waals surface area contributed by atoms with Crippen LogP contribution in [-0.2, 0) is 0 Å². The second-order valence-corrected chi connectivity index (χ2v) is 4.95. The van der Waals surface area contributed by atoms with E-state index in [9.17, 15) is 15.3 Å². The van der Waals surface area contributed by atoms with Crippen molar-refractivity contribution in [1.29, 1.82) is 0 Å². The van der Waals surface area contributed by atoms with Crippen LogP contribution < -0.4 is 0 Å². The van der Waals surface area contributed by atoms with Gasteiger partial charge in [0.25, 0.3) is 0 Å². The maximum Gasteiger partial charge on any atom is 0.130 e. The van der Waals surface area contributed by atoms with E-state index in [4.69, 9.17) is 0 Å². The molecule has 0 bridgehead atoms. The minimum absolute atomic E-state index is 0.0751. The summed E-state index contributed by atoms with van der Waals surface area (Å²) in [4.78, 5) is 0. The van der Waals surface area contributed by atoms with E-state index in [0.717, 1.165) is 22.3 Å². The molecule has 2 aromatic rings. The average Bonchev–Trinajstić information content (AvgIpc) is 2.39. The van der Waals surface area contributed by atoms with Crippen LogP contribution in [0.25, 0.3) is 11.1 Å². The zero-order chi connectivity index (χ0) is 14.3. The summed E-state index contributed by atoms with van der Waals surface area (Å²) in [5, 5.41) is 29.7. The van der Waals surface area contributed by atoms with E-state index in [0.29, 0.717) is 11.1 Å². The van der Waals surface area contributed by atoms with E-state index in [-0.39, 0.29) is 17.2 Å². The quantitative estimate of drug-likeness (QED) is 0.730. The maximum absolute atomic E-state index is 10.2. The van der Waals surface area contributed by atoms with Gasteiger partial charge in [0.2, 0.25) is 0 Å². The van der Waals surface area contributed by atoms with E-state index >= 15 is 0 Å². The molecule has 0 amide bonds. The number of benzene rings is 2. The molecule has 2 rings (SSSR count). The standard InChI is InChI=1S/C16H18O3/c1-8-7-13(9(2)10(3)15(8)18)12-5-6-14(17)11(4)16(12)19/h5-7,17-19H,1-4H3. The summed E-state index contributed by atoms with van der Waals surface area (Å²) in [6.07, 6.45) is 0. The van der Waals surface area contributed by atoms with E-state index < -0.39 is 0 Å². The number of phenolic OH excluding ortho intramolecular Hbond substituents is 3. The van der Waals surface area contributed by atoms with Gasteiger partial charge in [0.1, 0.15) is 17.2 Å². The fraction of sp³-hybridized carbons (Fsp3) is 0.250. The molecule has 0 aliphatic heterocycles. The van der Waals surface area contributed by atoms with Crippen LogP contribution in [0.3, 0.4) is 0 Å². The maximum atomic E-state index is 10.2. The van der Waals surface area contributed by atoms with Crippen molar-refractivity contribution in [2.45, 2.75) is 27.7 Å². The van der Waals surface area contributed by atoms with Crippen LogP contribution in [0.5, 0.6) is 17.2 Å². The summed E-state index contributed by atoms with van der Waals surface area (Å²) in [7, 11) is 0. The third kappa shape index (κ3) is 2.01. The number of rotatable bonds is 1. The Labute approximate surface area is 112 Å². The first-order chi connectivity index (χ1) is 8.84. The highest BCUT2D eigenvalue weighted by Crippen LogP contribution is 2.40. The van der Waals surface area contributed by atoms with Crippen molar-refractivity contribution >= 4 is 0 Å². The lowest BCUT2D eigenvalue weighted by molar-refractivity contribution is 0.444. The van der Waals surface area contributed by atoms with Crippen LogP contribution >= 0.6 is 0 Å². The van der Waals surface area contributed by atoms with Gasteiger partial charge in [-0.25, -0.2) is 0 Å². The molecule has 0 aromatic heterocycles. The van der Waals surface area contributed by atoms with Gasteiger partial charge in [-0.2, -0.15) is 0 Å². The number of aromatic hydroxyl groups is 3. The van der Waals surface area contributed by atoms with Crippen LogP contribution in [0.2, 0.25) is 0 Å². The highest BCUT2D eigenvalue weighted by atomic mass is 16.3. The Bertz CT molecular complexity index is 658. The second kappa shape index (κ2) is 4.50. The molecular formula is C16H18O3. The molecule has 0 unspecified atom stereocenters. The van der Waals surface area contributed by atoms with Gasteiger partial charge in [-0.1, -0.05) is 0 Å². The van der Waals surface area contributed by atoms with Gasteiger partial charge in [0, 0.05) is 11.1 Å². The highest BCUT2D eigenvalue weighted by molar-refractivity contribution is 5.78. The molecule has 0 saturated carbocycles. The van der Waals surface area contributed by atoms with Gasteiger partial charge in [0.15, 0.2) is 0 Å². The molecule has 3 nitrogen and oxygen atoms in total. The number of hydrogen-bond donors (Lipinski definition) is 3. The molecule has 0 aliphatic carbocycles. The lowest BCUT2D eigenvalue weighted by atomic mass is 9.92. The average molecular weight is 258 g/mol. The largest absolute Gasteiger partial charge is 0.508 e. The Morgan fingerprint density at radius 2 is 1.32 bits per heavy atom. The number of aryl methyl sites for hydroxylation is 1. The smallest absolute Gasteiger partial charge is 0.130 e. The lowest BCUT2D eigenvalue weighted by Crippen LogP contribution is -1.92. The predicted molar refractivity (Wildman–Crippen MR) is 75.8 cm³/mol. The van der Waals surface area contributed by atoms with E-state index in [1.165, 1.54) is 0 Å². The third-order valence-electron chi connectivity index (χ3n) is 3.75. The van der Waals surface area contributed by atoms with Crippen LogP contribution in [0.4, 0.5) is 0 Å². The molecule has 0 atom stereocenters. The first-order valence-electron chi connectivity index (χ1n) is 6.16. The summed E-state index contributed by atoms with van der Waals surface area (Å²) in [6.45, 7) is 7.26. The topological polar surface area (TPSA) is 60.7 Å². The predicted octanol–water partition coefficient (Wildman–Crippen LogP) is 3.70. The van der Waals surface area contributed by atoms with Gasteiger partial charge in [-0.3, -0.25) is 0 Å². The van der Waals surface area contributed by atoms with Gasteiger partial charge in [0.05, 0.1) is 0 Å². The first kappa shape index (κ1) is 13.3. The highest BCUT2D eigenvalue weighted by Gasteiger charge is 2.15. The van der Waals surface area contributed by atoms with Crippen molar-refractivity contribution in [1.82, 2.24) is 0 Å². The summed E-state index contributed by atoms with van der Waals surface area (Å²) < 4.78 is 0. The fourth-order valence-corrected chi connectivity index (χ4v) is 2.26. The van der Waals surface area contributed by atoms with Crippen molar-refractivity contribution < 1.29 is 15.3 Å². The van der Waals surface area contributed by atoms with Crippen LogP contribution in [0.1, 0.15) is 22.3 Å². The second-order valence-electron chi connectivity index (χ2n) is 4.95. The summed E-state index contributed by atoms with van der Waals surface area (Å²) in [5.41, 5.74) is 4.49. The molecule has 100 valence electrons. The van der Waals surface area contributed by atoms with Crippen molar-refractivity contribution in [3.8, 4) is 28.4 Å². The monoisotopic (exact) mass is 258 g/mol. The third-order valence-corrected chi connectivity index (χ3v) is 3.75. The Morgan fingerprint density at radius 1 is 0.684 bits per heavy atom. The molecule has 0 spiro atoms. The Hall–Kier alpha value is -2.16. The Kier molecular flexibility index (Phi) is 3.14. The zero-order valence-corrected chi connectivity index (χ0v) is 11.6. The van der Waals surface area contributed by atoms with Gasteiger partial charge in [-0.05, 0) is 68.1 Å². The molecule has 0 radical (unpaired) electrons. The van der Waals surface area contributed by atoms with Crippen LogP contribution in [-0.4, -0.2) is 15.3 Å². The van der Waals surface area contributed by atoms with Crippen molar-refractivity contribution in [2.24, 2.45) is 0 Å². The van der Waals surface area contributed by atoms with E-state index in [1.54, 1.807) is 19.1 Å². The van der Waals surface area contributed by atoms with Gasteiger partial charge < -0.3 is 15.3 Å². The molecule has 0 saturated heterocycles.